The summed E-state index contributed by atoms with van der Waals surface area (Å²) in [5.41, 5.74) is 0.0506. The summed E-state index contributed by atoms with van der Waals surface area (Å²) in [6.07, 6.45) is 0. The zero-order valence-corrected chi connectivity index (χ0v) is 11.2. The van der Waals surface area contributed by atoms with Crippen LogP contribution in [0.5, 0.6) is 0 Å². The molecule has 1 unspecified atom stereocenters. The van der Waals surface area contributed by atoms with Crippen molar-refractivity contribution in [3.05, 3.63) is 33.8 Å². The van der Waals surface area contributed by atoms with Crippen LogP contribution in [0.25, 0.3) is 0 Å². The zero-order valence-electron chi connectivity index (χ0n) is 9.67. The third-order valence-corrected chi connectivity index (χ3v) is 3.19. The van der Waals surface area contributed by atoms with Crippen molar-refractivity contribution in [2.45, 2.75) is 25.4 Å². The van der Waals surface area contributed by atoms with E-state index >= 15 is 0 Å². The Morgan fingerprint density at radius 1 is 1.47 bits per heavy atom. The van der Waals surface area contributed by atoms with Gasteiger partial charge < -0.3 is 5.11 Å². The molecule has 0 saturated heterocycles. The Labute approximate surface area is 111 Å². The molecule has 0 amide bonds. The first kappa shape index (κ1) is 14.3. The van der Waals surface area contributed by atoms with E-state index in [4.69, 9.17) is 28.5 Å². The Bertz CT molecular complexity index is 441. The highest BCUT2D eigenvalue weighted by Crippen LogP contribution is 2.30. The maximum absolute atomic E-state index is 9.18. The lowest BCUT2D eigenvalue weighted by Gasteiger charge is -2.27. The third-order valence-electron chi connectivity index (χ3n) is 2.35. The molecule has 0 radical (unpaired) electrons. The number of halogens is 2. The van der Waals surface area contributed by atoms with E-state index in [0.717, 1.165) is 0 Å². The summed E-state index contributed by atoms with van der Waals surface area (Å²) in [7, 11) is 0. The minimum atomic E-state index is -0.608. The highest BCUT2D eigenvalue weighted by Gasteiger charge is 2.24. The highest BCUT2D eigenvalue weighted by molar-refractivity contribution is 6.42. The van der Waals surface area contributed by atoms with Gasteiger partial charge in [0.05, 0.1) is 22.7 Å². The first-order valence-corrected chi connectivity index (χ1v) is 5.89. The van der Waals surface area contributed by atoms with Crippen LogP contribution in [-0.4, -0.2) is 17.3 Å². The van der Waals surface area contributed by atoms with E-state index in [1.165, 1.54) is 0 Å². The molecule has 0 bridgehead atoms. The SMILES string of the molecule is CC(C)(CO)NC(C#N)c1cccc(Cl)c1Cl. The molecule has 5 heteroatoms. The molecule has 1 aromatic rings. The van der Waals surface area contributed by atoms with E-state index in [-0.39, 0.29) is 6.61 Å². The number of hydrogen-bond acceptors (Lipinski definition) is 3. The van der Waals surface area contributed by atoms with Gasteiger partial charge in [0, 0.05) is 11.1 Å². The van der Waals surface area contributed by atoms with Crippen LogP contribution in [0.1, 0.15) is 25.5 Å². The van der Waals surface area contributed by atoms with Gasteiger partial charge in [0.2, 0.25) is 0 Å². The summed E-state index contributed by atoms with van der Waals surface area (Å²) < 4.78 is 0. The van der Waals surface area contributed by atoms with Crippen molar-refractivity contribution in [1.29, 1.82) is 5.26 Å². The standard InChI is InChI=1S/C12H14Cl2N2O/c1-12(2,7-17)16-10(6-15)8-4-3-5-9(13)11(8)14/h3-5,10,16-17H,7H2,1-2H3. The molecule has 0 aliphatic carbocycles. The summed E-state index contributed by atoms with van der Waals surface area (Å²) in [5.74, 6) is 0. The van der Waals surface area contributed by atoms with Crippen LogP contribution in [0.15, 0.2) is 18.2 Å². The third kappa shape index (κ3) is 3.58. The Kier molecular flexibility index (Phi) is 4.79. The molecule has 0 aromatic heterocycles. The average molecular weight is 273 g/mol. The molecule has 1 atom stereocenters. The second-order valence-corrected chi connectivity index (χ2v) is 5.18. The van der Waals surface area contributed by atoms with Crippen LogP contribution in [-0.2, 0) is 0 Å². The number of nitrogens with zero attached hydrogens (tertiary/aromatic N) is 1. The van der Waals surface area contributed by atoms with E-state index in [1.807, 2.05) is 0 Å². The molecule has 1 rings (SSSR count). The predicted molar refractivity (Wildman–Crippen MR) is 69.1 cm³/mol. The van der Waals surface area contributed by atoms with Gasteiger partial charge in [-0.2, -0.15) is 5.26 Å². The number of aliphatic hydroxyl groups is 1. The van der Waals surface area contributed by atoms with Crippen LogP contribution in [0.2, 0.25) is 10.0 Å². The molecule has 0 spiro atoms. The van der Waals surface area contributed by atoms with Gasteiger partial charge in [-0.15, -0.1) is 0 Å². The minimum Gasteiger partial charge on any atom is -0.394 e. The zero-order chi connectivity index (χ0) is 13.1. The summed E-state index contributed by atoms with van der Waals surface area (Å²) >= 11 is 12.0. The summed E-state index contributed by atoms with van der Waals surface area (Å²) in [4.78, 5) is 0. The first-order chi connectivity index (χ1) is 7.91. The summed E-state index contributed by atoms with van der Waals surface area (Å²) in [5, 5.41) is 22.1. The fraction of sp³-hybridized carbons (Fsp3) is 0.417. The molecule has 1 aromatic carbocycles. The van der Waals surface area contributed by atoms with Gasteiger partial charge >= 0.3 is 0 Å². The van der Waals surface area contributed by atoms with Gasteiger partial charge in [-0.3, -0.25) is 5.32 Å². The number of aliphatic hydroxyl groups excluding tert-OH is 1. The Morgan fingerprint density at radius 2 is 2.12 bits per heavy atom. The quantitative estimate of drug-likeness (QED) is 0.886. The largest absolute Gasteiger partial charge is 0.394 e. The number of hydrogen-bond donors (Lipinski definition) is 2. The Morgan fingerprint density at radius 3 is 2.65 bits per heavy atom. The van der Waals surface area contributed by atoms with E-state index in [2.05, 4.69) is 11.4 Å². The van der Waals surface area contributed by atoms with Crippen molar-refractivity contribution in [1.82, 2.24) is 5.32 Å². The molecule has 0 fully saturated rings. The van der Waals surface area contributed by atoms with Crippen molar-refractivity contribution in [3.8, 4) is 6.07 Å². The second kappa shape index (κ2) is 5.70. The van der Waals surface area contributed by atoms with Crippen LogP contribution in [0.4, 0.5) is 0 Å². The van der Waals surface area contributed by atoms with Gasteiger partial charge in [-0.25, -0.2) is 0 Å². The lowest BCUT2D eigenvalue weighted by molar-refractivity contribution is 0.182. The smallest absolute Gasteiger partial charge is 0.123 e. The van der Waals surface area contributed by atoms with Gasteiger partial charge in [0.25, 0.3) is 0 Å². The van der Waals surface area contributed by atoms with Crippen LogP contribution < -0.4 is 5.32 Å². The van der Waals surface area contributed by atoms with Crippen LogP contribution >= 0.6 is 23.2 Å². The van der Waals surface area contributed by atoms with Gasteiger partial charge in [0.1, 0.15) is 6.04 Å². The normalized spacial score (nSPS) is 13.2. The molecule has 0 saturated carbocycles. The minimum absolute atomic E-state index is 0.0800. The topological polar surface area (TPSA) is 56.0 Å². The monoisotopic (exact) mass is 272 g/mol. The van der Waals surface area contributed by atoms with Crippen molar-refractivity contribution >= 4 is 23.2 Å². The van der Waals surface area contributed by atoms with E-state index in [9.17, 15) is 5.11 Å². The Hall–Kier alpha value is -0.790. The molecule has 0 aliphatic heterocycles. The van der Waals surface area contributed by atoms with E-state index in [0.29, 0.717) is 15.6 Å². The number of benzene rings is 1. The van der Waals surface area contributed by atoms with Crippen molar-refractivity contribution < 1.29 is 5.11 Å². The number of nitriles is 1. The molecule has 92 valence electrons. The molecular formula is C12H14Cl2N2O. The fourth-order valence-corrected chi connectivity index (χ4v) is 1.78. The maximum Gasteiger partial charge on any atom is 0.123 e. The Balaban J connectivity index is 3.04. The first-order valence-electron chi connectivity index (χ1n) is 5.13. The maximum atomic E-state index is 9.18. The molecular weight excluding hydrogens is 259 g/mol. The van der Waals surface area contributed by atoms with E-state index < -0.39 is 11.6 Å². The van der Waals surface area contributed by atoms with Gasteiger partial charge in [-0.1, -0.05) is 35.3 Å². The summed E-state index contributed by atoms with van der Waals surface area (Å²) in [6, 6.07) is 6.65. The summed E-state index contributed by atoms with van der Waals surface area (Å²) in [6.45, 7) is 3.52. The predicted octanol–water partition coefficient (Wildman–Crippen LogP) is 2.92. The highest BCUT2D eigenvalue weighted by atomic mass is 35.5. The molecule has 3 nitrogen and oxygen atoms in total. The van der Waals surface area contributed by atoms with Gasteiger partial charge in [0.15, 0.2) is 0 Å². The van der Waals surface area contributed by atoms with Crippen LogP contribution in [0.3, 0.4) is 0 Å². The lowest BCUT2D eigenvalue weighted by atomic mass is 10.0. The van der Waals surface area contributed by atoms with Crippen molar-refractivity contribution in [3.63, 3.8) is 0 Å². The molecule has 2 N–H and O–H groups in total. The lowest BCUT2D eigenvalue weighted by Crippen LogP contribution is -2.44. The molecule has 0 heterocycles. The van der Waals surface area contributed by atoms with Gasteiger partial charge in [-0.05, 0) is 19.9 Å². The fourth-order valence-electron chi connectivity index (χ4n) is 1.36. The number of nitrogens with one attached hydrogen (secondary N) is 1. The molecule has 0 aliphatic rings. The second-order valence-electron chi connectivity index (χ2n) is 4.39. The van der Waals surface area contributed by atoms with E-state index in [1.54, 1.807) is 32.0 Å². The van der Waals surface area contributed by atoms with Crippen LogP contribution in [0, 0.1) is 11.3 Å². The van der Waals surface area contributed by atoms with Crippen molar-refractivity contribution in [2.75, 3.05) is 6.61 Å². The van der Waals surface area contributed by atoms with Crippen molar-refractivity contribution in [2.24, 2.45) is 0 Å². The number of rotatable bonds is 4. The average Bonchev–Trinajstić information content (AvgIpc) is 2.30. The molecule has 17 heavy (non-hydrogen) atoms.